The van der Waals surface area contributed by atoms with Crippen LogP contribution < -0.4 is 5.73 Å². The van der Waals surface area contributed by atoms with E-state index in [4.69, 9.17) is 5.73 Å². The maximum Gasteiger partial charge on any atom is 0.229 e. The third kappa shape index (κ3) is 3.90. The molecule has 0 saturated carbocycles. The van der Waals surface area contributed by atoms with Crippen molar-refractivity contribution in [3.05, 3.63) is 36.7 Å². The first-order valence-corrected chi connectivity index (χ1v) is 5.65. The number of amides is 1. The fourth-order valence-corrected chi connectivity index (χ4v) is 1.54. The molecule has 92 valence electrons. The van der Waals surface area contributed by atoms with E-state index in [1.807, 2.05) is 13.8 Å². The SMILES string of the molecule is C=CCN(C(=O)Cc1ccc(N)cn1)C(C)C. The number of pyridine rings is 1. The Balaban J connectivity index is 2.69. The predicted octanol–water partition coefficient (Wildman–Crippen LogP) is 1.63. The lowest BCUT2D eigenvalue weighted by molar-refractivity contribution is -0.131. The van der Waals surface area contributed by atoms with Crippen molar-refractivity contribution in [1.29, 1.82) is 0 Å². The third-order valence-electron chi connectivity index (χ3n) is 2.45. The zero-order valence-electron chi connectivity index (χ0n) is 10.4. The van der Waals surface area contributed by atoms with E-state index in [1.54, 1.807) is 29.3 Å². The number of anilines is 1. The smallest absolute Gasteiger partial charge is 0.229 e. The van der Waals surface area contributed by atoms with Gasteiger partial charge in [0.25, 0.3) is 0 Å². The van der Waals surface area contributed by atoms with Gasteiger partial charge in [0, 0.05) is 18.3 Å². The van der Waals surface area contributed by atoms with Crippen molar-refractivity contribution in [1.82, 2.24) is 9.88 Å². The second-order valence-electron chi connectivity index (χ2n) is 4.19. The molecule has 1 aromatic rings. The van der Waals surface area contributed by atoms with Crippen LogP contribution in [-0.2, 0) is 11.2 Å². The summed E-state index contributed by atoms with van der Waals surface area (Å²) in [6, 6.07) is 3.69. The highest BCUT2D eigenvalue weighted by Crippen LogP contribution is 2.06. The first-order valence-electron chi connectivity index (χ1n) is 5.65. The van der Waals surface area contributed by atoms with E-state index in [2.05, 4.69) is 11.6 Å². The molecule has 1 amide bonds. The zero-order chi connectivity index (χ0) is 12.8. The molecule has 0 unspecified atom stereocenters. The summed E-state index contributed by atoms with van der Waals surface area (Å²) in [5.41, 5.74) is 6.88. The number of nitrogens with two attached hydrogens (primary N) is 1. The number of nitrogen functional groups attached to an aromatic ring is 1. The lowest BCUT2D eigenvalue weighted by atomic mass is 10.2. The summed E-state index contributed by atoms with van der Waals surface area (Å²) in [5.74, 6) is 0.0529. The number of carbonyl (C=O) groups is 1. The summed E-state index contributed by atoms with van der Waals surface area (Å²) in [7, 11) is 0. The first kappa shape index (κ1) is 13.2. The Hall–Kier alpha value is -1.84. The predicted molar refractivity (Wildman–Crippen MR) is 69.4 cm³/mol. The van der Waals surface area contributed by atoms with Gasteiger partial charge >= 0.3 is 0 Å². The van der Waals surface area contributed by atoms with Gasteiger partial charge in [0.2, 0.25) is 5.91 Å². The van der Waals surface area contributed by atoms with Crippen molar-refractivity contribution in [2.24, 2.45) is 0 Å². The molecule has 0 saturated heterocycles. The van der Waals surface area contributed by atoms with E-state index in [0.717, 1.165) is 5.69 Å². The minimum absolute atomic E-state index is 0.0529. The molecular formula is C13H19N3O. The summed E-state index contributed by atoms with van der Waals surface area (Å²) >= 11 is 0. The molecule has 4 nitrogen and oxygen atoms in total. The standard InChI is InChI=1S/C13H19N3O/c1-4-7-16(10(2)3)13(17)8-12-6-5-11(14)9-15-12/h4-6,9-10H,1,7-8,14H2,2-3H3. The van der Waals surface area contributed by atoms with E-state index in [9.17, 15) is 4.79 Å². The number of aromatic nitrogens is 1. The lowest BCUT2D eigenvalue weighted by Gasteiger charge is -2.25. The molecule has 0 aliphatic heterocycles. The summed E-state index contributed by atoms with van der Waals surface area (Å²) < 4.78 is 0. The zero-order valence-corrected chi connectivity index (χ0v) is 10.4. The molecule has 0 aromatic carbocycles. The third-order valence-corrected chi connectivity index (χ3v) is 2.45. The van der Waals surface area contributed by atoms with E-state index < -0.39 is 0 Å². The molecule has 1 rings (SSSR count). The van der Waals surface area contributed by atoms with Gasteiger partial charge in [-0.15, -0.1) is 6.58 Å². The molecule has 0 aliphatic carbocycles. The van der Waals surface area contributed by atoms with Crippen LogP contribution in [0.25, 0.3) is 0 Å². The highest BCUT2D eigenvalue weighted by Gasteiger charge is 2.16. The molecule has 0 radical (unpaired) electrons. The quantitative estimate of drug-likeness (QED) is 0.786. The van der Waals surface area contributed by atoms with Gasteiger partial charge < -0.3 is 10.6 Å². The topological polar surface area (TPSA) is 59.2 Å². The Morgan fingerprint density at radius 1 is 1.59 bits per heavy atom. The number of hydrogen-bond acceptors (Lipinski definition) is 3. The van der Waals surface area contributed by atoms with Gasteiger partial charge in [-0.1, -0.05) is 6.08 Å². The Morgan fingerprint density at radius 3 is 2.76 bits per heavy atom. The maximum absolute atomic E-state index is 12.0. The maximum atomic E-state index is 12.0. The van der Waals surface area contributed by atoms with Crippen molar-refractivity contribution in [3.8, 4) is 0 Å². The fourth-order valence-electron chi connectivity index (χ4n) is 1.54. The summed E-state index contributed by atoms with van der Waals surface area (Å²) in [4.78, 5) is 17.9. The van der Waals surface area contributed by atoms with Crippen molar-refractivity contribution in [2.45, 2.75) is 26.3 Å². The minimum Gasteiger partial charge on any atom is -0.397 e. The first-order chi connectivity index (χ1) is 8.04. The van der Waals surface area contributed by atoms with Crippen LogP contribution >= 0.6 is 0 Å². The van der Waals surface area contributed by atoms with Gasteiger partial charge in [-0.3, -0.25) is 9.78 Å². The van der Waals surface area contributed by atoms with Crippen LogP contribution in [0.3, 0.4) is 0 Å². The van der Waals surface area contributed by atoms with Crippen LogP contribution in [0.4, 0.5) is 5.69 Å². The van der Waals surface area contributed by atoms with Crippen LogP contribution in [0.1, 0.15) is 19.5 Å². The molecule has 0 bridgehead atoms. The van der Waals surface area contributed by atoms with Gasteiger partial charge in [-0.2, -0.15) is 0 Å². The Morgan fingerprint density at radius 2 is 2.29 bits per heavy atom. The molecule has 0 fully saturated rings. The number of carbonyl (C=O) groups excluding carboxylic acids is 1. The summed E-state index contributed by atoms with van der Waals surface area (Å²) in [5, 5.41) is 0. The largest absolute Gasteiger partial charge is 0.397 e. The number of rotatable bonds is 5. The minimum atomic E-state index is 0.0529. The van der Waals surface area contributed by atoms with Crippen LogP contribution in [0.15, 0.2) is 31.0 Å². The molecule has 4 heteroatoms. The fraction of sp³-hybridized carbons (Fsp3) is 0.385. The average Bonchev–Trinajstić information content (AvgIpc) is 2.28. The van der Waals surface area contributed by atoms with Crippen molar-refractivity contribution < 1.29 is 4.79 Å². The van der Waals surface area contributed by atoms with Crippen LogP contribution in [0.5, 0.6) is 0 Å². The van der Waals surface area contributed by atoms with Crippen molar-refractivity contribution in [3.63, 3.8) is 0 Å². The lowest BCUT2D eigenvalue weighted by Crippen LogP contribution is -2.38. The summed E-state index contributed by atoms with van der Waals surface area (Å²) in [6.45, 7) is 8.19. The van der Waals surface area contributed by atoms with Crippen LogP contribution in [-0.4, -0.2) is 28.4 Å². The highest BCUT2D eigenvalue weighted by molar-refractivity contribution is 5.78. The number of hydrogen-bond donors (Lipinski definition) is 1. The highest BCUT2D eigenvalue weighted by atomic mass is 16.2. The van der Waals surface area contributed by atoms with E-state index in [-0.39, 0.29) is 11.9 Å². The van der Waals surface area contributed by atoms with Gasteiger partial charge in [0.15, 0.2) is 0 Å². The van der Waals surface area contributed by atoms with Crippen LogP contribution in [0.2, 0.25) is 0 Å². The van der Waals surface area contributed by atoms with E-state index >= 15 is 0 Å². The Bertz CT molecular complexity index is 384. The Labute approximate surface area is 102 Å². The van der Waals surface area contributed by atoms with Gasteiger partial charge in [0.05, 0.1) is 18.3 Å². The molecular weight excluding hydrogens is 214 g/mol. The van der Waals surface area contributed by atoms with E-state index in [1.165, 1.54) is 0 Å². The van der Waals surface area contributed by atoms with Crippen molar-refractivity contribution >= 4 is 11.6 Å². The van der Waals surface area contributed by atoms with Gasteiger partial charge in [0.1, 0.15) is 0 Å². The van der Waals surface area contributed by atoms with Gasteiger partial charge in [-0.05, 0) is 26.0 Å². The monoisotopic (exact) mass is 233 g/mol. The second-order valence-corrected chi connectivity index (χ2v) is 4.19. The van der Waals surface area contributed by atoms with E-state index in [0.29, 0.717) is 18.7 Å². The molecule has 1 heterocycles. The molecule has 0 spiro atoms. The molecule has 17 heavy (non-hydrogen) atoms. The Kier molecular flexibility index (Phi) is 4.69. The summed E-state index contributed by atoms with van der Waals surface area (Å²) in [6.07, 6.45) is 3.59. The number of nitrogens with zero attached hydrogens (tertiary/aromatic N) is 2. The molecule has 2 N–H and O–H groups in total. The van der Waals surface area contributed by atoms with Gasteiger partial charge in [-0.25, -0.2) is 0 Å². The molecule has 0 atom stereocenters. The van der Waals surface area contributed by atoms with Crippen molar-refractivity contribution in [2.75, 3.05) is 12.3 Å². The molecule has 1 aromatic heterocycles. The normalized spacial score (nSPS) is 10.3. The van der Waals surface area contributed by atoms with Crippen LogP contribution in [0, 0.1) is 0 Å². The average molecular weight is 233 g/mol. The molecule has 0 aliphatic rings. The second kappa shape index (κ2) is 6.03.